The third-order valence-electron chi connectivity index (χ3n) is 5.85. The maximum absolute atomic E-state index is 13.4. The summed E-state index contributed by atoms with van der Waals surface area (Å²) < 4.78 is 33.3. The van der Waals surface area contributed by atoms with Crippen molar-refractivity contribution in [2.75, 3.05) is 31.6 Å². The molecular weight excluding hydrogens is 406 g/mol. The zero-order valence-electron chi connectivity index (χ0n) is 16.6. The molecule has 1 saturated carbocycles. The van der Waals surface area contributed by atoms with Gasteiger partial charge in [-0.3, -0.25) is 10.1 Å². The lowest BCUT2D eigenvalue weighted by Crippen LogP contribution is -2.41. The molecule has 1 aliphatic heterocycles. The zero-order chi connectivity index (χ0) is 21.1. The van der Waals surface area contributed by atoms with Gasteiger partial charge in [0.2, 0.25) is 10.0 Å². The van der Waals surface area contributed by atoms with Gasteiger partial charge >= 0.3 is 0 Å². The fourth-order valence-corrected chi connectivity index (χ4v) is 5.54. The number of hydrogen-bond acceptors (Lipinski definition) is 6. The van der Waals surface area contributed by atoms with Gasteiger partial charge in [0.05, 0.1) is 29.9 Å². The van der Waals surface area contributed by atoms with E-state index in [4.69, 9.17) is 4.74 Å². The van der Waals surface area contributed by atoms with Gasteiger partial charge in [0.1, 0.15) is 4.90 Å². The minimum Gasteiger partial charge on any atom is -0.379 e. The number of hydrogen-bond donors (Lipinski definition) is 1. The van der Waals surface area contributed by atoms with Crippen LogP contribution in [0.4, 0.5) is 11.4 Å². The molecule has 8 nitrogen and oxygen atoms in total. The Morgan fingerprint density at radius 1 is 1.10 bits per heavy atom. The summed E-state index contributed by atoms with van der Waals surface area (Å²) in [6.07, 6.45) is 3.27. The third-order valence-corrected chi connectivity index (χ3v) is 7.79. The van der Waals surface area contributed by atoms with Gasteiger partial charge in [-0.05, 0) is 30.4 Å². The van der Waals surface area contributed by atoms with Gasteiger partial charge in [-0.1, -0.05) is 36.8 Å². The first-order valence-electron chi connectivity index (χ1n) is 10.1. The lowest BCUT2D eigenvalue weighted by atomic mass is 9.77. The number of morpholine rings is 1. The van der Waals surface area contributed by atoms with E-state index >= 15 is 0 Å². The van der Waals surface area contributed by atoms with E-state index in [-0.39, 0.29) is 29.7 Å². The number of nitro benzene ring substituents is 1. The molecule has 30 heavy (non-hydrogen) atoms. The normalized spacial score (nSPS) is 19.1. The summed E-state index contributed by atoms with van der Waals surface area (Å²) in [6, 6.07) is 13.9. The van der Waals surface area contributed by atoms with Gasteiger partial charge in [0, 0.05) is 25.2 Å². The molecule has 0 spiro atoms. The van der Waals surface area contributed by atoms with Gasteiger partial charge in [0.25, 0.3) is 5.69 Å². The van der Waals surface area contributed by atoms with Gasteiger partial charge in [0.15, 0.2) is 0 Å². The molecule has 160 valence electrons. The molecule has 1 aliphatic carbocycles. The van der Waals surface area contributed by atoms with Crippen molar-refractivity contribution in [2.45, 2.75) is 30.2 Å². The molecule has 1 saturated heterocycles. The zero-order valence-corrected chi connectivity index (χ0v) is 17.4. The number of benzene rings is 2. The van der Waals surface area contributed by atoms with Crippen LogP contribution in [0, 0.1) is 16.0 Å². The van der Waals surface area contributed by atoms with Crippen LogP contribution in [0.3, 0.4) is 0 Å². The molecule has 0 amide bonds. The number of nitrogens with one attached hydrogen (secondary N) is 1. The number of ether oxygens (including phenoxy) is 1. The molecule has 9 heteroatoms. The number of anilines is 1. The first kappa shape index (κ1) is 20.8. The van der Waals surface area contributed by atoms with E-state index in [1.54, 1.807) is 0 Å². The van der Waals surface area contributed by atoms with Crippen molar-refractivity contribution < 1.29 is 18.1 Å². The van der Waals surface area contributed by atoms with Crippen molar-refractivity contribution in [3.8, 4) is 0 Å². The van der Waals surface area contributed by atoms with Gasteiger partial charge in [-0.15, -0.1) is 0 Å². The van der Waals surface area contributed by atoms with Crippen molar-refractivity contribution in [1.29, 1.82) is 0 Å². The van der Waals surface area contributed by atoms with Crippen molar-refractivity contribution in [3.63, 3.8) is 0 Å². The second-order valence-electron chi connectivity index (χ2n) is 7.68. The minimum absolute atomic E-state index is 0.0555. The molecule has 1 unspecified atom stereocenters. The Kier molecular flexibility index (Phi) is 6.03. The number of rotatable bonds is 7. The maximum atomic E-state index is 13.4. The minimum atomic E-state index is -3.90. The van der Waals surface area contributed by atoms with Crippen LogP contribution in [0.1, 0.15) is 30.9 Å². The van der Waals surface area contributed by atoms with Crippen molar-refractivity contribution in [2.24, 2.45) is 5.92 Å². The number of sulfonamides is 1. The molecule has 2 aromatic carbocycles. The second kappa shape index (κ2) is 8.71. The van der Waals surface area contributed by atoms with E-state index in [1.165, 1.54) is 16.4 Å². The molecule has 2 aromatic rings. The van der Waals surface area contributed by atoms with E-state index in [0.717, 1.165) is 30.9 Å². The molecule has 1 heterocycles. The third kappa shape index (κ3) is 4.19. The first-order valence-corrected chi connectivity index (χ1v) is 11.6. The maximum Gasteiger partial charge on any atom is 0.270 e. The van der Waals surface area contributed by atoms with Crippen LogP contribution in [0.25, 0.3) is 0 Å². The molecule has 2 aliphatic rings. The van der Waals surface area contributed by atoms with Gasteiger partial charge in [-0.25, -0.2) is 8.42 Å². The topological polar surface area (TPSA) is 102 Å². The highest BCUT2D eigenvalue weighted by Crippen LogP contribution is 2.41. The molecule has 0 aromatic heterocycles. The average Bonchev–Trinajstić information content (AvgIpc) is 2.73. The largest absolute Gasteiger partial charge is 0.379 e. The molecule has 2 fully saturated rings. The first-order chi connectivity index (χ1) is 14.5. The van der Waals surface area contributed by atoms with Crippen LogP contribution in [0.2, 0.25) is 0 Å². The molecule has 4 rings (SSSR count). The highest BCUT2D eigenvalue weighted by atomic mass is 32.2. The summed E-state index contributed by atoms with van der Waals surface area (Å²) in [6.45, 7) is 1.08. The predicted octanol–water partition coefficient (Wildman–Crippen LogP) is 3.57. The second-order valence-corrected chi connectivity index (χ2v) is 9.58. The number of non-ortho nitro benzene ring substituents is 1. The Morgan fingerprint density at radius 3 is 2.40 bits per heavy atom. The van der Waals surface area contributed by atoms with Crippen LogP contribution in [0.15, 0.2) is 53.4 Å². The van der Waals surface area contributed by atoms with Crippen LogP contribution in [-0.4, -0.2) is 43.9 Å². The van der Waals surface area contributed by atoms with Crippen LogP contribution < -0.4 is 5.32 Å². The van der Waals surface area contributed by atoms with Crippen molar-refractivity contribution in [3.05, 3.63) is 64.2 Å². The lowest BCUT2D eigenvalue weighted by molar-refractivity contribution is -0.385. The smallest absolute Gasteiger partial charge is 0.270 e. The van der Waals surface area contributed by atoms with Crippen molar-refractivity contribution in [1.82, 2.24) is 4.31 Å². The summed E-state index contributed by atoms with van der Waals surface area (Å²) in [5.41, 5.74) is 1.23. The summed E-state index contributed by atoms with van der Waals surface area (Å²) >= 11 is 0. The Balaban J connectivity index is 1.74. The number of nitro groups is 1. The number of nitrogens with zero attached hydrogens (tertiary/aromatic N) is 2. The Morgan fingerprint density at radius 2 is 1.80 bits per heavy atom. The molecule has 0 bridgehead atoms. The summed E-state index contributed by atoms with van der Waals surface area (Å²) in [4.78, 5) is 10.7. The molecular formula is C21H25N3O5S. The van der Waals surface area contributed by atoms with Crippen LogP contribution in [-0.2, 0) is 14.8 Å². The van der Waals surface area contributed by atoms with Gasteiger partial charge < -0.3 is 10.1 Å². The summed E-state index contributed by atoms with van der Waals surface area (Å²) in [7, 11) is -3.90. The molecule has 1 N–H and O–H groups in total. The fraction of sp³-hybridized carbons (Fsp3) is 0.429. The average molecular weight is 432 g/mol. The van der Waals surface area contributed by atoms with Crippen LogP contribution >= 0.6 is 0 Å². The molecule has 0 radical (unpaired) electrons. The highest BCUT2D eigenvalue weighted by Gasteiger charge is 2.33. The monoisotopic (exact) mass is 431 g/mol. The summed E-state index contributed by atoms with van der Waals surface area (Å²) in [5, 5.41) is 14.7. The Bertz CT molecular complexity index is 1000. The van der Waals surface area contributed by atoms with Gasteiger partial charge in [-0.2, -0.15) is 4.31 Å². The van der Waals surface area contributed by atoms with E-state index in [9.17, 15) is 18.5 Å². The van der Waals surface area contributed by atoms with E-state index in [0.29, 0.717) is 24.8 Å². The SMILES string of the molecule is O=[N+]([O-])c1ccc(NC(c2ccccc2)C2CCC2)c(S(=O)(=O)N2CCOCC2)c1. The summed E-state index contributed by atoms with van der Waals surface area (Å²) in [5.74, 6) is 0.390. The predicted molar refractivity (Wildman–Crippen MR) is 113 cm³/mol. The molecule has 1 atom stereocenters. The van der Waals surface area contributed by atoms with Crippen LogP contribution in [0.5, 0.6) is 0 Å². The highest BCUT2D eigenvalue weighted by molar-refractivity contribution is 7.89. The van der Waals surface area contributed by atoms with E-state index < -0.39 is 14.9 Å². The Hall–Kier alpha value is -2.49. The fourth-order valence-electron chi connectivity index (χ4n) is 3.96. The quantitative estimate of drug-likeness (QED) is 0.531. The van der Waals surface area contributed by atoms with Crippen molar-refractivity contribution >= 4 is 21.4 Å². The Labute approximate surface area is 176 Å². The standard InChI is InChI=1S/C21H25N3O5S/c25-24(26)18-9-10-19(20(15-18)30(27,28)23-11-13-29-14-12-23)22-21(17-7-4-8-17)16-5-2-1-3-6-16/h1-3,5-6,9-10,15,17,21-22H,4,7-8,11-14H2. The lowest BCUT2D eigenvalue weighted by Gasteiger charge is -2.36. The van der Waals surface area contributed by atoms with E-state index in [1.807, 2.05) is 30.3 Å². The van der Waals surface area contributed by atoms with E-state index in [2.05, 4.69) is 5.32 Å².